The molecule has 6 heteroatoms. The van der Waals surface area contributed by atoms with Gasteiger partial charge in [-0.1, -0.05) is 12.1 Å². The first-order valence-electron chi connectivity index (χ1n) is 5.20. The first kappa shape index (κ1) is 13.9. The molecule has 0 aliphatic carbocycles. The average Bonchev–Trinajstić information content (AvgIpc) is 2.36. The van der Waals surface area contributed by atoms with E-state index in [4.69, 9.17) is 15.2 Å². The number of hydrogen-bond donors (Lipinski definition) is 2. The number of nitrogens with one attached hydrogen (secondary N) is 1. The molecule has 1 aromatic carbocycles. The Kier molecular flexibility index (Phi) is 5.02. The highest BCUT2D eigenvalue weighted by molar-refractivity contribution is 5.97. The summed E-state index contributed by atoms with van der Waals surface area (Å²) in [6.07, 6.45) is 1.30. The van der Waals surface area contributed by atoms with Gasteiger partial charge in [0.05, 0.1) is 6.61 Å². The van der Waals surface area contributed by atoms with E-state index < -0.39 is 11.2 Å². The Morgan fingerprint density at radius 2 is 2.39 bits per heavy atom. The fraction of sp³-hybridized carbons (Fsp3) is 0.167. The second-order valence-corrected chi connectivity index (χ2v) is 3.32. The number of nitrogens with zero attached hydrogens (tertiary/aromatic N) is 1. The third kappa shape index (κ3) is 3.68. The lowest BCUT2D eigenvalue weighted by atomic mass is 10.1. The van der Waals surface area contributed by atoms with Crippen LogP contribution in [0.4, 0.5) is 5.69 Å². The highest BCUT2D eigenvalue weighted by atomic mass is 16.8. The predicted molar refractivity (Wildman–Crippen MR) is 62.4 cm³/mol. The van der Waals surface area contributed by atoms with E-state index in [1.807, 2.05) is 0 Å². The highest BCUT2D eigenvalue weighted by Gasteiger charge is 2.10. The van der Waals surface area contributed by atoms with Crippen molar-refractivity contribution in [2.24, 2.45) is 0 Å². The molecule has 94 valence electrons. The van der Waals surface area contributed by atoms with Crippen LogP contribution >= 0.6 is 0 Å². The molecule has 0 heterocycles. The quantitative estimate of drug-likeness (QED) is 0.351. The van der Waals surface area contributed by atoms with Crippen LogP contribution in [0.25, 0.3) is 6.08 Å². The Bertz CT molecular complexity index is 503. The van der Waals surface area contributed by atoms with Crippen LogP contribution in [0, 0.1) is 16.5 Å². The Labute approximate surface area is 104 Å². The van der Waals surface area contributed by atoms with Crippen molar-refractivity contribution >= 4 is 17.7 Å². The average molecular weight is 248 g/mol. The zero-order valence-corrected chi connectivity index (χ0v) is 9.71. The molecular weight excluding hydrogens is 236 g/mol. The molecule has 0 fully saturated rings. The van der Waals surface area contributed by atoms with Gasteiger partial charge in [-0.15, -0.1) is 0 Å². The molecule has 0 aromatic heterocycles. The van der Waals surface area contributed by atoms with E-state index in [9.17, 15) is 10.0 Å². The molecule has 0 saturated heterocycles. The third-order valence-corrected chi connectivity index (χ3v) is 2.06. The van der Waals surface area contributed by atoms with Crippen LogP contribution in [-0.2, 0) is 9.53 Å². The Morgan fingerprint density at radius 1 is 1.67 bits per heavy atom. The Balaban J connectivity index is 3.03. The van der Waals surface area contributed by atoms with Gasteiger partial charge in [0.1, 0.15) is 11.6 Å². The smallest absolute Gasteiger partial charge is 0.348 e. The molecule has 2 N–H and O–H groups in total. The van der Waals surface area contributed by atoms with Crippen LogP contribution in [-0.4, -0.2) is 17.8 Å². The van der Waals surface area contributed by atoms with Crippen LogP contribution in [0.5, 0.6) is 0 Å². The summed E-state index contributed by atoms with van der Waals surface area (Å²) in [5.41, 5.74) is 0.379. The molecule has 0 saturated carbocycles. The molecule has 1 aromatic rings. The summed E-state index contributed by atoms with van der Waals surface area (Å²) in [6.45, 7) is 1.81. The maximum absolute atomic E-state index is 11.4. The lowest BCUT2D eigenvalue weighted by molar-refractivity contribution is -0.991. The van der Waals surface area contributed by atoms with Gasteiger partial charge in [-0.2, -0.15) is 10.5 Å². The fourth-order valence-corrected chi connectivity index (χ4v) is 1.27. The minimum Gasteiger partial charge on any atom is -0.595 e. The van der Waals surface area contributed by atoms with E-state index in [0.717, 1.165) is 0 Å². The van der Waals surface area contributed by atoms with Crippen molar-refractivity contribution in [3.8, 4) is 6.07 Å². The first-order valence-corrected chi connectivity index (χ1v) is 5.20. The van der Waals surface area contributed by atoms with Crippen molar-refractivity contribution in [1.82, 2.24) is 0 Å². The molecule has 6 nitrogen and oxygen atoms in total. The van der Waals surface area contributed by atoms with Crippen molar-refractivity contribution < 1.29 is 20.0 Å². The summed E-state index contributed by atoms with van der Waals surface area (Å²) < 4.78 is 4.70. The summed E-state index contributed by atoms with van der Waals surface area (Å²) in [5, 5.41) is 27.3. The van der Waals surface area contributed by atoms with Crippen LogP contribution in [0.2, 0.25) is 0 Å². The molecule has 0 spiro atoms. The predicted octanol–water partition coefficient (Wildman–Crippen LogP) is 0.560. The molecular formula is C12H12N2O4. The largest absolute Gasteiger partial charge is 0.595 e. The van der Waals surface area contributed by atoms with Crippen LogP contribution in [0.1, 0.15) is 12.5 Å². The number of esters is 1. The fourth-order valence-electron chi connectivity index (χ4n) is 1.27. The SMILES string of the molecule is CCOC(=O)/C(C#N)=C\c1cccc([NH+]([O-])O)c1. The lowest BCUT2D eigenvalue weighted by Gasteiger charge is -2.11. The Hall–Kier alpha value is -2.20. The number of quaternary nitrogens is 1. The normalized spacial score (nSPS) is 12.7. The van der Waals surface area contributed by atoms with Gasteiger partial charge in [-0.3, -0.25) is 0 Å². The van der Waals surface area contributed by atoms with Crippen LogP contribution in [0.3, 0.4) is 0 Å². The molecule has 1 rings (SSSR count). The summed E-state index contributed by atoms with van der Waals surface area (Å²) in [4.78, 5) is 11.4. The topological polar surface area (TPSA) is 97.8 Å². The first-order chi connectivity index (χ1) is 8.58. The summed E-state index contributed by atoms with van der Waals surface area (Å²) in [5.74, 6) is -0.722. The van der Waals surface area contributed by atoms with Crippen LogP contribution in [0.15, 0.2) is 29.8 Å². The number of hydrogen-bond acceptors (Lipinski definition) is 5. The second-order valence-electron chi connectivity index (χ2n) is 3.32. The zero-order valence-electron chi connectivity index (χ0n) is 9.71. The summed E-state index contributed by atoms with van der Waals surface area (Å²) in [6, 6.07) is 7.66. The van der Waals surface area contributed by atoms with Gasteiger partial charge >= 0.3 is 5.97 Å². The molecule has 1 unspecified atom stereocenters. The Morgan fingerprint density at radius 3 is 2.94 bits per heavy atom. The third-order valence-electron chi connectivity index (χ3n) is 2.06. The van der Waals surface area contributed by atoms with E-state index in [1.54, 1.807) is 19.1 Å². The lowest BCUT2D eigenvalue weighted by Crippen LogP contribution is -2.99. The number of carbonyl (C=O) groups is 1. The van der Waals surface area contributed by atoms with Gasteiger partial charge in [0.2, 0.25) is 0 Å². The van der Waals surface area contributed by atoms with E-state index in [2.05, 4.69) is 0 Å². The zero-order chi connectivity index (χ0) is 13.5. The van der Waals surface area contributed by atoms with Gasteiger partial charge in [0.25, 0.3) is 0 Å². The number of benzene rings is 1. The standard InChI is InChI=1S/C12H12N2O4/c1-2-18-12(15)10(8-13)6-9-4-3-5-11(7-9)14(16)17/h3-7,14,16H,2H2,1H3/b10-6-. The van der Waals surface area contributed by atoms with Crippen molar-refractivity contribution in [2.45, 2.75) is 6.92 Å². The second kappa shape index (κ2) is 6.51. The summed E-state index contributed by atoms with van der Waals surface area (Å²) in [7, 11) is 0. The van der Waals surface area contributed by atoms with Crippen molar-refractivity contribution in [2.75, 3.05) is 6.61 Å². The van der Waals surface area contributed by atoms with Gasteiger partial charge in [-0.25, -0.2) is 10.0 Å². The van der Waals surface area contributed by atoms with Gasteiger partial charge in [0, 0.05) is 12.1 Å². The molecule has 0 amide bonds. The van der Waals surface area contributed by atoms with Crippen molar-refractivity contribution in [1.29, 1.82) is 5.26 Å². The molecule has 0 bridgehead atoms. The summed E-state index contributed by atoms with van der Waals surface area (Å²) >= 11 is 0. The van der Waals surface area contributed by atoms with Gasteiger partial charge in [-0.05, 0) is 18.6 Å². The number of rotatable bonds is 4. The monoisotopic (exact) mass is 248 g/mol. The number of nitriles is 1. The number of ether oxygens (including phenoxy) is 1. The molecule has 0 aliphatic heterocycles. The minimum absolute atomic E-state index is 0.0879. The van der Waals surface area contributed by atoms with Gasteiger partial charge in [0.15, 0.2) is 5.69 Å². The molecule has 18 heavy (non-hydrogen) atoms. The van der Waals surface area contributed by atoms with E-state index in [1.165, 1.54) is 24.3 Å². The number of carbonyl (C=O) groups excluding carboxylic acids is 1. The van der Waals surface area contributed by atoms with Crippen molar-refractivity contribution in [3.05, 3.63) is 40.6 Å². The maximum atomic E-state index is 11.4. The van der Waals surface area contributed by atoms with Crippen LogP contribution < -0.4 is 5.23 Å². The van der Waals surface area contributed by atoms with Gasteiger partial charge < -0.3 is 9.94 Å². The molecule has 1 atom stereocenters. The van der Waals surface area contributed by atoms with E-state index in [-0.39, 0.29) is 17.9 Å². The van der Waals surface area contributed by atoms with E-state index >= 15 is 0 Å². The highest BCUT2D eigenvalue weighted by Crippen LogP contribution is 2.11. The molecule has 0 radical (unpaired) electrons. The van der Waals surface area contributed by atoms with Crippen molar-refractivity contribution in [3.63, 3.8) is 0 Å². The minimum atomic E-state index is -1.07. The van der Waals surface area contributed by atoms with E-state index in [0.29, 0.717) is 5.56 Å². The molecule has 0 aliphatic rings. The maximum Gasteiger partial charge on any atom is 0.348 e.